The van der Waals surface area contributed by atoms with Gasteiger partial charge in [0.05, 0.1) is 16.5 Å². The van der Waals surface area contributed by atoms with Gasteiger partial charge < -0.3 is 14.5 Å². The molecule has 3 heterocycles. The first kappa shape index (κ1) is 17.6. The Labute approximate surface area is 167 Å². The van der Waals surface area contributed by atoms with Crippen LogP contribution in [-0.4, -0.2) is 33.4 Å². The Balaban J connectivity index is 1.43. The first-order valence-corrected chi connectivity index (χ1v) is 10.0. The number of benzene rings is 1. The summed E-state index contributed by atoms with van der Waals surface area (Å²) in [5, 5.41) is 1.26. The molecule has 144 valence electrons. The van der Waals surface area contributed by atoms with Crippen molar-refractivity contribution in [1.29, 1.82) is 0 Å². The summed E-state index contributed by atoms with van der Waals surface area (Å²) in [5.41, 5.74) is 3.50. The van der Waals surface area contributed by atoms with Crippen LogP contribution in [0.3, 0.4) is 0 Å². The van der Waals surface area contributed by atoms with Gasteiger partial charge in [-0.25, -0.2) is 0 Å². The zero-order valence-electron chi connectivity index (χ0n) is 16.0. The van der Waals surface area contributed by atoms with E-state index in [0.717, 1.165) is 35.5 Å². The monoisotopic (exact) mass is 395 g/mol. The summed E-state index contributed by atoms with van der Waals surface area (Å²) < 4.78 is 1.55. The summed E-state index contributed by atoms with van der Waals surface area (Å²) in [6.07, 6.45) is 5.50. The number of piperidine rings is 1. The van der Waals surface area contributed by atoms with E-state index in [4.69, 9.17) is 11.6 Å². The van der Waals surface area contributed by atoms with Crippen LogP contribution in [0.4, 0.5) is 0 Å². The first-order chi connectivity index (χ1) is 13.4. The molecule has 0 radical (unpaired) electrons. The summed E-state index contributed by atoms with van der Waals surface area (Å²) in [6.45, 7) is 3.36. The van der Waals surface area contributed by atoms with Crippen molar-refractivity contribution in [3.8, 4) is 0 Å². The minimum atomic E-state index is -0.137. The topological polar surface area (TPSA) is 58.1 Å². The van der Waals surface area contributed by atoms with Gasteiger partial charge in [-0.1, -0.05) is 23.7 Å². The fourth-order valence-corrected chi connectivity index (χ4v) is 5.17. The molecule has 0 bridgehead atoms. The maximum atomic E-state index is 13.2. The number of nitrogens with one attached hydrogen (secondary N) is 1. The van der Waals surface area contributed by atoms with Crippen molar-refractivity contribution in [1.82, 2.24) is 14.5 Å². The number of halogens is 1. The Hall–Kier alpha value is -2.53. The van der Waals surface area contributed by atoms with Crippen LogP contribution in [0, 0.1) is 12.8 Å². The maximum Gasteiger partial charge on any atom is 0.260 e. The molecule has 2 fully saturated rings. The molecular formula is C22H22ClN3O2. The third kappa shape index (κ3) is 2.46. The van der Waals surface area contributed by atoms with Crippen LogP contribution >= 0.6 is 11.6 Å². The van der Waals surface area contributed by atoms with E-state index >= 15 is 0 Å². The van der Waals surface area contributed by atoms with Gasteiger partial charge in [0, 0.05) is 43.0 Å². The van der Waals surface area contributed by atoms with E-state index in [0.29, 0.717) is 23.4 Å². The molecule has 5 nitrogen and oxygen atoms in total. The van der Waals surface area contributed by atoms with Crippen molar-refractivity contribution >= 4 is 28.4 Å². The third-order valence-corrected chi connectivity index (χ3v) is 6.85. The van der Waals surface area contributed by atoms with Crippen molar-refractivity contribution in [3.63, 3.8) is 0 Å². The number of nitrogens with zero attached hydrogens (tertiary/aromatic N) is 2. The summed E-state index contributed by atoms with van der Waals surface area (Å²) in [4.78, 5) is 30.9. The Morgan fingerprint density at radius 1 is 1.36 bits per heavy atom. The van der Waals surface area contributed by atoms with E-state index in [9.17, 15) is 9.59 Å². The molecule has 2 aliphatic rings. The van der Waals surface area contributed by atoms with Crippen LogP contribution in [0.2, 0.25) is 5.02 Å². The zero-order chi connectivity index (χ0) is 19.6. The lowest BCUT2D eigenvalue weighted by Crippen LogP contribution is -2.40. The molecule has 0 spiro atoms. The number of pyridine rings is 1. The van der Waals surface area contributed by atoms with Crippen LogP contribution in [0.25, 0.3) is 10.9 Å². The van der Waals surface area contributed by atoms with Crippen LogP contribution in [0.15, 0.2) is 41.5 Å². The van der Waals surface area contributed by atoms with E-state index in [1.807, 2.05) is 24.0 Å². The lowest BCUT2D eigenvalue weighted by molar-refractivity contribution is 0.0709. The van der Waals surface area contributed by atoms with Gasteiger partial charge in [0.1, 0.15) is 0 Å². The minimum Gasteiger partial charge on any atom is -0.360 e. The second kappa shape index (κ2) is 5.98. The van der Waals surface area contributed by atoms with E-state index < -0.39 is 0 Å². The molecule has 1 aliphatic carbocycles. The minimum absolute atomic E-state index is 0.0551. The molecule has 1 saturated heterocycles. The second-order valence-corrected chi connectivity index (χ2v) is 8.69. The highest BCUT2D eigenvalue weighted by atomic mass is 35.5. The van der Waals surface area contributed by atoms with Crippen molar-refractivity contribution < 1.29 is 4.79 Å². The number of carbonyl (C=O) groups is 1. The molecule has 2 atom stereocenters. The number of hydrogen-bond acceptors (Lipinski definition) is 2. The largest absolute Gasteiger partial charge is 0.360 e. The van der Waals surface area contributed by atoms with Crippen LogP contribution in [0.1, 0.15) is 34.3 Å². The molecule has 28 heavy (non-hydrogen) atoms. The summed E-state index contributed by atoms with van der Waals surface area (Å²) in [7, 11) is 1.72. The smallest absolute Gasteiger partial charge is 0.260 e. The summed E-state index contributed by atoms with van der Waals surface area (Å²) in [6, 6.07) is 8.11. The van der Waals surface area contributed by atoms with Crippen molar-refractivity contribution in [2.75, 3.05) is 13.1 Å². The Morgan fingerprint density at radius 2 is 2.18 bits per heavy atom. The highest BCUT2D eigenvalue weighted by Crippen LogP contribution is 2.59. The number of fused-ring (bicyclic) bond motifs is 2. The van der Waals surface area contributed by atoms with E-state index in [2.05, 4.69) is 17.1 Å². The molecule has 2 aromatic heterocycles. The molecule has 1 N–H and O–H groups in total. The number of hydrogen-bond donors (Lipinski definition) is 1. The molecule has 2 unspecified atom stereocenters. The fourth-order valence-electron chi connectivity index (χ4n) is 4.98. The molecule has 5 rings (SSSR count). The highest BCUT2D eigenvalue weighted by molar-refractivity contribution is 6.30. The van der Waals surface area contributed by atoms with Gasteiger partial charge in [0.2, 0.25) is 0 Å². The predicted octanol–water partition coefficient (Wildman–Crippen LogP) is 3.63. The quantitative estimate of drug-likeness (QED) is 0.720. The molecule has 1 saturated carbocycles. The van der Waals surface area contributed by atoms with Crippen LogP contribution in [-0.2, 0) is 12.5 Å². The number of aromatic nitrogens is 2. The van der Waals surface area contributed by atoms with E-state index in [1.165, 1.54) is 5.56 Å². The average molecular weight is 396 g/mol. The number of aryl methyl sites for hydroxylation is 2. The number of amides is 1. The molecular weight excluding hydrogens is 374 g/mol. The maximum absolute atomic E-state index is 13.2. The molecule has 1 aliphatic heterocycles. The molecule has 1 amide bonds. The normalized spacial score (nSPS) is 23.7. The Kier molecular flexibility index (Phi) is 3.75. The molecule has 3 aromatic rings. The zero-order valence-corrected chi connectivity index (χ0v) is 16.7. The lowest BCUT2D eigenvalue weighted by atomic mass is 9.87. The second-order valence-electron chi connectivity index (χ2n) is 8.25. The average Bonchev–Trinajstić information content (AvgIpc) is 3.25. The van der Waals surface area contributed by atoms with Gasteiger partial charge in [0.15, 0.2) is 0 Å². The Bertz CT molecular complexity index is 1180. The highest BCUT2D eigenvalue weighted by Gasteiger charge is 2.58. The predicted molar refractivity (Wildman–Crippen MR) is 110 cm³/mol. The van der Waals surface area contributed by atoms with Gasteiger partial charge in [-0.15, -0.1) is 0 Å². The molecule has 6 heteroatoms. The van der Waals surface area contributed by atoms with E-state index in [1.54, 1.807) is 24.0 Å². The van der Waals surface area contributed by atoms with Crippen LogP contribution in [0.5, 0.6) is 0 Å². The summed E-state index contributed by atoms with van der Waals surface area (Å²) >= 11 is 6.19. The first-order valence-electron chi connectivity index (χ1n) is 9.63. The van der Waals surface area contributed by atoms with Gasteiger partial charge in [0.25, 0.3) is 11.5 Å². The number of H-pyrrole nitrogens is 1. The lowest BCUT2D eigenvalue weighted by Gasteiger charge is -2.32. The third-order valence-electron chi connectivity index (χ3n) is 6.61. The van der Waals surface area contributed by atoms with Crippen molar-refractivity contribution in [2.45, 2.75) is 25.2 Å². The van der Waals surface area contributed by atoms with E-state index in [-0.39, 0.29) is 16.9 Å². The van der Waals surface area contributed by atoms with Crippen LogP contribution < -0.4 is 5.56 Å². The van der Waals surface area contributed by atoms with Gasteiger partial charge in [-0.3, -0.25) is 9.59 Å². The van der Waals surface area contributed by atoms with Gasteiger partial charge >= 0.3 is 0 Å². The molecule has 1 aromatic carbocycles. The Morgan fingerprint density at radius 3 is 2.93 bits per heavy atom. The van der Waals surface area contributed by atoms with Gasteiger partial charge in [-0.2, -0.15) is 0 Å². The van der Waals surface area contributed by atoms with Crippen molar-refractivity contribution in [2.24, 2.45) is 13.0 Å². The van der Waals surface area contributed by atoms with Gasteiger partial charge in [-0.05, 0) is 48.9 Å². The fraction of sp³-hybridized carbons (Fsp3) is 0.364. The standard InChI is InChI=1S/C22H22ClN3O2/c1-13-11-25(2)21(28)18-17(10-24-19(13)18)20(27)26-7-6-22(9-15(22)12-26)14-4-3-5-16(23)8-14/h3-5,8,10-11,15,24H,6-7,9,12H2,1-2H3. The number of likely N-dealkylation sites (tertiary alicyclic amines) is 1. The SMILES string of the molecule is Cc1cn(C)c(=O)c2c(C(=O)N3CCC4(c5cccc(Cl)c5)CC4C3)c[nH]c12. The number of rotatable bonds is 2. The number of aromatic amines is 1. The summed E-state index contributed by atoms with van der Waals surface area (Å²) in [5.74, 6) is 0.402. The van der Waals surface area contributed by atoms with Crippen molar-refractivity contribution in [3.05, 3.63) is 68.7 Å². The number of carbonyl (C=O) groups excluding carboxylic acids is 1.